The van der Waals surface area contributed by atoms with Gasteiger partial charge in [0.2, 0.25) is 0 Å². The summed E-state index contributed by atoms with van der Waals surface area (Å²) >= 11 is 0. The number of unbranched alkanes of at least 4 members (excludes halogenated alkanes) is 2. The zero-order valence-corrected chi connectivity index (χ0v) is 14.7. The van der Waals surface area contributed by atoms with Crippen LogP contribution in [0.1, 0.15) is 47.0 Å². The summed E-state index contributed by atoms with van der Waals surface area (Å²) in [6.07, 6.45) is 3.61. The lowest BCUT2D eigenvalue weighted by molar-refractivity contribution is 0.630. The van der Waals surface area contributed by atoms with Crippen molar-refractivity contribution in [1.29, 1.82) is 0 Å². The molecule has 1 aromatic heterocycles. The van der Waals surface area contributed by atoms with E-state index in [2.05, 4.69) is 48.3 Å². The standard InChI is InChI=1S/C19H28N4/c1-5-6-10-13-20-16-14-17(23-19(2,3)4)22-18(21-16)15-11-8-7-9-12-15/h7-9,11-12,14H,5-6,10,13H2,1-4H3,(H2,20,21,22,23). The molecule has 4 nitrogen and oxygen atoms in total. The number of hydrogen-bond acceptors (Lipinski definition) is 4. The number of benzene rings is 1. The Morgan fingerprint density at radius 1 is 0.957 bits per heavy atom. The SMILES string of the molecule is CCCCCNc1cc(NC(C)(C)C)nc(-c2ccccc2)n1. The van der Waals surface area contributed by atoms with Gasteiger partial charge in [-0.25, -0.2) is 9.97 Å². The van der Waals surface area contributed by atoms with Gasteiger partial charge in [-0.2, -0.15) is 0 Å². The van der Waals surface area contributed by atoms with Gasteiger partial charge in [0.25, 0.3) is 0 Å². The van der Waals surface area contributed by atoms with E-state index >= 15 is 0 Å². The van der Waals surface area contributed by atoms with E-state index in [9.17, 15) is 0 Å². The van der Waals surface area contributed by atoms with E-state index in [1.807, 2.05) is 36.4 Å². The fraction of sp³-hybridized carbons (Fsp3) is 0.474. The van der Waals surface area contributed by atoms with Gasteiger partial charge in [-0.1, -0.05) is 50.1 Å². The summed E-state index contributed by atoms with van der Waals surface area (Å²) in [5, 5.41) is 6.87. The Bertz CT molecular complexity index is 603. The van der Waals surface area contributed by atoms with Crippen molar-refractivity contribution in [3.8, 4) is 11.4 Å². The smallest absolute Gasteiger partial charge is 0.163 e. The molecule has 23 heavy (non-hydrogen) atoms. The third kappa shape index (κ3) is 5.89. The third-order valence-corrected chi connectivity index (χ3v) is 3.35. The summed E-state index contributed by atoms with van der Waals surface area (Å²) in [4.78, 5) is 9.34. The van der Waals surface area contributed by atoms with Crippen LogP contribution in [0, 0.1) is 0 Å². The number of aromatic nitrogens is 2. The second-order valence-corrected chi connectivity index (χ2v) is 6.84. The van der Waals surface area contributed by atoms with Crippen LogP contribution in [-0.2, 0) is 0 Å². The van der Waals surface area contributed by atoms with Crippen LogP contribution in [0.2, 0.25) is 0 Å². The van der Waals surface area contributed by atoms with E-state index in [-0.39, 0.29) is 5.54 Å². The molecule has 2 aromatic rings. The first-order chi connectivity index (χ1) is 11.0. The van der Waals surface area contributed by atoms with Gasteiger partial charge in [0.05, 0.1) is 0 Å². The zero-order valence-electron chi connectivity index (χ0n) is 14.7. The molecule has 124 valence electrons. The van der Waals surface area contributed by atoms with Gasteiger partial charge >= 0.3 is 0 Å². The highest BCUT2D eigenvalue weighted by atomic mass is 15.1. The van der Waals surface area contributed by atoms with Crippen LogP contribution < -0.4 is 10.6 Å². The Kier molecular flexibility index (Phi) is 5.97. The molecular weight excluding hydrogens is 284 g/mol. The van der Waals surface area contributed by atoms with E-state index in [4.69, 9.17) is 0 Å². The molecule has 0 saturated carbocycles. The molecule has 1 heterocycles. The maximum Gasteiger partial charge on any atom is 0.163 e. The number of anilines is 2. The van der Waals surface area contributed by atoms with Gasteiger partial charge in [0.15, 0.2) is 5.82 Å². The third-order valence-electron chi connectivity index (χ3n) is 3.35. The maximum atomic E-state index is 4.67. The van der Waals surface area contributed by atoms with E-state index in [1.54, 1.807) is 0 Å². The second kappa shape index (κ2) is 7.95. The average Bonchev–Trinajstić information content (AvgIpc) is 2.51. The van der Waals surface area contributed by atoms with Crippen molar-refractivity contribution in [3.63, 3.8) is 0 Å². The molecule has 0 amide bonds. The van der Waals surface area contributed by atoms with Gasteiger partial charge < -0.3 is 10.6 Å². The lowest BCUT2D eigenvalue weighted by Crippen LogP contribution is -2.27. The van der Waals surface area contributed by atoms with Crippen LogP contribution in [0.5, 0.6) is 0 Å². The number of hydrogen-bond donors (Lipinski definition) is 2. The number of nitrogens with zero attached hydrogens (tertiary/aromatic N) is 2. The van der Waals surface area contributed by atoms with Gasteiger partial charge in [-0.3, -0.25) is 0 Å². The first-order valence-corrected chi connectivity index (χ1v) is 8.44. The predicted octanol–water partition coefficient (Wildman–Crippen LogP) is 4.96. The summed E-state index contributed by atoms with van der Waals surface area (Å²) < 4.78 is 0. The second-order valence-electron chi connectivity index (χ2n) is 6.84. The van der Waals surface area contributed by atoms with Crippen molar-refractivity contribution in [2.45, 2.75) is 52.5 Å². The van der Waals surface area contributed by atoms with Crippen molar-refractivity contribution < 1.29 is 0 Å². The van der Waals surface area contributed by atoms with E-state index in [1.165, 1.54) is 12.8 Å². The highest BCUT2D eigenvalue weighted by Gasteiger charge is 2.13. The van der Waals surface area contributed by atoms with Crippen molar-refractivity contribution in [2.75, 3.05) is 17.2 Å². The summed E-state index contributed by atoms with van der Waals surface area (Å²) in [5.41, 5.74) is 0.989. The van der Waals surface area contributed by atoms with Crippen LogP contribution >= 0.6 is 0 Å². The Morgan fingerprint density at radius 2 is 1.65 bits per heavy atom. The first kappa shape index (κ1) is 17.3. The average molecular weight is 312 g/mol. The summed E-state index contributed by atoms with van der Waals surface area (Å²) in [7, 11) is 0. The molecule has 0 spiro atoms. The maximum absolute atomic E-state index is 4.67. The first-order valence-electron chi connectivity index (χ1n) is 8.44. The number of nitrogens with one attached hydrogen (secondary N) is 2. The van der Waals surface area contributed by atoms with E-state index in [0.29, 0.717) is 0 Å². The van der Waals surface area contributed by atoms with Crippen LogP contribution in [0.3, 0.4) is 0 Å². The van der Waals surface area contributed by atoms with Crippen molar-refractivity contribution in [2.24, 2.45) is 0 Å². The fourth-order valence-corrected chi connectivity index (χ4v) is 2.29. The highest BCUT2D eigenvalue weighted by molar-refractivity contribution is 5.61. The van der Waals surface area contributed by atoms with Gasteiger partial charge in [-0.05, 0) is 27.2 Å². The van der Waals surface area contributed by atoms with Gasteiger partial charge in [-0.15, -0.1) is 0 Å². The summed E-state index contributed by atoms with van der Waals surface area (Å²) in [5.74, 6) is 2.48. The molecule has 1 aromatic carbocycles. The fourth-order valence-electron chi connectivity index (χ4n) is 2.29. The monoisotopic (exact) mass is 312 g/mol. The normalized spacial score (nSPS) is 11.3. The molecule has 0 atom stereocenters. The summed E-state index contributed by atoms with van der Waals surface area (Å²) in [6.45, 7) is 9.54. The van der Waals surface area contributed by atoms with Gasteiger partial charge in [0, 0.05) is 23.7 Å². The van der Waals surface area contributed by atoms with E-state index < -0.39 is 0 Å². The van der Waals surface area contributed by atoms with Crippen LogP contribution in [0.4, 0.5) is 11.6 Å². The molecular formula is C19H28N4. The molecule has 0 radical (unpaired) electrons. The van der Waals surface area contributed by atoms with Crippen LogP contribution in [0.25, 0.3) is 11.4 Å². The molecule has 4 heteroatoms. The van der Waals surface area contributed by atoms with Crippen molar-refractivity contribution in [1.82, 2.24) is 9.97 Å². The minimum absolute atomic E-state index is 0.0399. The molecule has 0 bridgehead atoms. The van der Waals surface area contributed by atoms with Crippen LogP contribution in [0.15, 0.2) is 36.4 Å². The molecule has 0 unspecified atom stereocenters. The van der Waals surface area contributed by atoms with Gasteiger partial charge in [0.1, 0.15) is 11.6 Å². The van der Waals surface area contributed by atoms with Crippen molar-refractivity contribution in [3.05, 3.63) is 36.4 Å². The molecule has 0 saturated heterocycles. The molecule has 2 N–H and O–H groups in total. The summed E-state index contributed by atoms with van der Waals surface area (Å²) in [6, 6.07) is 12.1. The zero-order chi connectivity index (χ0) is 16.7. The Balaban J connectivity index is 2.24. The molecule has 0 aliphatic rings. The molecule has 0 fully saturated rings. The van der Waals surface area contributed by atoms with Crippen LogP contribution in [-0.4, -0.2) is 22.1 Å². The molecule has 2 rings (SSSR count). The lowest BCUT2D eigenvalue weighted by Gasteiger charge is -2.22. The Labute approximate surface area is 139 Å². The minimum atomic E-state index is -0.0399. The largest absolute Gasteiger partial charge is 0.370 e. The van der Waals surface area contributed by atoms with Crippen molar-refractivity contribution >= 4 is 11.6 Å². The number of rotatable bonds is 7. The Hall–Kier alpha value is -2.10. The highest BCUT2D eigenvalue weighted by Crippen LogP contribution is 2.22. The lowest BCUT2D eigenvalue weighted by atomic mass is 10.1. The Morgan fingerprint density at radius 3 is 2.30 bits per heavy atom. The molecule has 0 aliphatic heterocycles. The predicted molar refractivity (Wildman–Crippen MR) is 98.9 cm³/mol. The quantitative estimate of drug-likeness (QED) is 0.710. The molecule has 0 aliphatic carbocycles. The van der Waals surface area contributed by atoms with E-state index in [0.717, 1.165) is 36.0 Å². The topological polar surface area (TPSA) is 49.8 Å². The minimum Gasteiger partial charge on any atom is -0.370 e.